The maximum absolute atomic E-state index is 12.9. The van der Waals surface area contributed by atoms with Crippen molar-refractivity contribution in [2.45, 2.75) is 32.2 Å². The van der Waals surface area contributed by atoms with E-state index >= 15 is 0 Å². The zero-order valence-corrected chi connectivity index (χ0v) is 15.1. The number of aryl methyl sites for hydroxylation is 1. The lowest BCUT2D eigenvalue weighted by Crippen LogP contribution is -2.37. The molecule has 2 unspecified atom stereocenters. The number of carbonyl (C=O) groups excluding carboxylic acids is 1. The van der Waals surface area contributed by atoms with Crippen molar-refractivity contribution in [2.24, 2.45) is 5.92 Å². The van der Waals surface area contributed by atoms with Gasteiger partial charge in [-0.15, -0.1) is 16.4 Å². The van der Waals surface area contributed by atoms with Crippen LogP contribution >= 0.6 is 11.3 Å². The van der Waals surface area contributed by atoms with Gasteiger partial charge in [0.15, 0.2) is 5.82 Å². The molecule has 0 aromatic carbocycles. The minimum absolute atomic E-state index is 0.174. The van der Waals surface area contributed by atoms with Gasteiger partial charge >= 0.3 is 0 Å². The van der Waals surface area contributed by atoms with Crippen LogP contribution in [-0.4, -0.2) is 41.6 Å². The Balaban J connectivity index is 1.46. The molecule has 1 amide bonds. The summed E-state index contributed by atoms with van der Waals surface area (Å²) in [4.78, 5) is 19.5. The Bertz CT molecular complexity index is 785. The topological polar surface area (TPSA) is 49.3 Å². The zero-order chi connectivity index (χ0) is 16.8. The molecule has 1 aliphatic heterocycles. The van der Waals surface area contributed by atoms with Crippen LogP contribution in [0.15, 0.2) is 18.2 Å². The minimum Gasteiger partial charge on any atom is -0.361 e. The molecule has 3 heterocycles. The quantitative estimate of drug-likeness (QED) is 0.860. The van der Waals surface area contributed by atoms with Gasteiger partial charge in [-0.2, -0.15) is 5.10 Å². The van der Waals surface area contributed by atoms with Gasteiger partial charge in [-0.1, -0.05) is 0 Å². The normalized spacial score (nSPS) is 22.2. The molecule has 1 saturated carbocycles. The maximum atomic E-state index is 12.9. The second kappa shape index (κ2) is 5.84. The van der Waals surface area contributed by atoms with Crippen LogP contribution in [0.3, 0.4) is 0 Å². The SMILES string of the molecule is Cc1ccc(C2CC2C(=O)N2CCc3nnc(N(C)C)cc3C2)s1. The molecule has 0 N–H and O–H groups in total. The van der Waals surface area contributed by atoms with Gasteiger partial charge in [-0.05, 0) is 37.1 Å². The maximum Gasteiger partial charge on any atom is 0.226 e. The average molecular weight is 342 g/mol. The first-order chi connectivity index (χ1) is 11.5. The molecule has 2 aromatic rings. The average Bonchev–Trinajstić information content (AvgIpc) is 3.27. The van der Waals surface area contributed by atoms with Crippen molar-refractivity contribution in [2.75, 3.05) is 25.5 Å². The molecule has 6 heteroatoms. The third-order valence-corrected chi connectivity index (χ3v) is 6.06. The number of thiophene rings is 1. The number of anilines is 1. The number of nitrogens with zero attached hydrogens (tertiary/aromatic N) is 4. The Hall–Kier alpha value is -1.95. The Kier molecular flexibility index (Phi) is 3.79. The Morgan fingerprint density at radius 1 is 1.33 bits per heavy atom. The largest absolute Gasteiger partial charge is 0.361 e. The number of aromatic nitrogens is 2. The predicted octanol–water partition coefficient (Wildman–Crippen LogP) is 2.60. The highest BCUT2D eigenvalue weighted by Gasteiger charge is 2.46. The summed E-state index contributed by atoms with van der Waals surface area (Å²) in [7, 11) is 3.92. The third kappa shape index (κ3) is 2.79. The van der Waals surface area contributed by atoms with E-state index in [2.05, 4.69) is 35.3 Å². The molecule has 24 heavy (non-hydrogen) atoms. The summed E-state index contributed by atoms with van der Waals surface area (Å²) < 4.78 is 0. The van der Waals surface area contributed by atoms with Crippen LogP contribution in [0.2, 0.25) is 0 Å². The molecule has 0 spiro atoms. The highest BCUT2D eigenvalue weighted by Crippen LogP contribution is 2.50. The molecule has 4 rings (SSSR count). The number of hydrogen-bond acceptors (Lipinski definition) is 5. The lowest BCUT2D eigenvalue weighted by atomic mass is 10.1. The fourth-order valence-electron chi connectivity index (χ4n) is 3.39. The van der Waals surface area contributed by atoms with Gasteiger partial charge in [0.1, 0.15) is 0 Å². The van der Waals surface area contributed by atoms with E-state index in [0.29, 0.717) is 18.4 Å². The van der Waals surface area contributed by atoms with Gasteiger partial charge in [-0.25, -0.2) is 0 Å². The first kappa shape index (κ1) is 15.6. The van der Waals surface area contributed by atoms with Crippen molar-refractivity contribution in [3.05, 3.63) is 39.2 Å². The van der Waals surface area contributed by atoms with Crippen LogP contribution in [0.1, 0.15) is 33.4 Å². The van der Waals surface area contributed by atoms with Crippen LogP contribution in [0.5, 0.6) is 0 Å². The highest BCUT2D eigenvalue weighted by atomic mass is 32.1. The van der Waals surface area contributed by atoms with E-state index in [0.717, 1.165) is 36.5 Å². The van der Waals surface area contributed by atoms with E-state index in [1.165, 1.54) is 9.75 Å². The smallest absolute Gasteiger partial charge is 0.226 e. The summed E-state index contributed by atoms with van der Waals surface area (Å²) in [6, 6.07) is 6.40. The zero-order valence-electron chi connectivity index (χ0n) is 14.3. The molecule has 2 aliphatic rings. The van der Waals surface area contributed by atoms with Gasteiger partial charge in [0.25, 0.3) is 0 Å². The van der Waals surface area contributed by atoms with Crippen molar-refractivity contribution in [3.63, 3.8) is 0 Å². The van der Waals surface area contributed by atoms with Crippen molar-refractivity contribution in [1.82, 2.24) is 15.1 Å². The van der Waals surface area contributed by atoms with Gasteiger partial charge in [0, 0.05) is 55.2 Å². The first-order valence-electron chi connectivity index (χ1n) is 8.41. The van der Waals surface area contributed by atoms with E-state index in [9.17, 15) is 4.79 Å². The number of fused-ring (bicyclic) bond motifs is 1. The molecule has 0 saturated heterocycles. The van der Waals surface area contributed by atoms with Crippen LogP contribution in [-0.2, 0) is 17.8 Å². The Labute approximate surface area is 146 Å². The standard InChI is InChI=1S/C18H22N4OS/c1-11-4-5-16(24-11)13-9-14(13)18(23)22-7-6-15-12(10-22)8-17(20-19-15)21(2)3/h4-5,8,13-14H,6-7,9-10H2,1-3H3. The summed E-state index contributed by atoms with van der Waals surface area (Å²) in [5.41, 5.74) is 2.17. The Morgan fingerprint density at radius 2 is 2.17 bits per heavy atom. The van der Waals surface area contributed by atoms with E-state index < -0.39 is 0 Å². The second-order valence-corrected chi connectivity index (χ2v) is 8.30. The van der Waals surface area contributed by atoms with E-state index in [-0.39, 0.29) is 5.92 Å². The number of amides is 1. The van der Waals surface area contributed by atoms with Crippen molar-refractivity contribution < 1.29 is 4.79 Å². The molecular formula is C18H22N4OS. The van der Waals surface area contributed by atoms with Crippen molar-refractivity contribution in [1.29, 1.82) is 0 Å². The lowest BCUT2D eigenvalue weighted by Gasteiger charge is -2.29. The van der Waals surface area contributed by atoms with Crippen molar-refractivity contribution in [3.8, 4) is 0 Å². The summed E-state index contributed by atoms with van der Waals surface area (Å²) in [6.07, 6.45) is 1.80. The monoisotopic (exact) mass is 342 g/mol. The van der Waals surface area contributed by atoms with Crippen LogP contribution in [0.25, 0.3) is 0 Å². The highest BCUT2D eigenvalue weighted by molar-refractivity contribution is 7.12. The summed E-state index contributed by atoms with van der Waals surface area (Å²) in [6.45, 7) is 3.55. The van der Waals surface area contributed by atoms with Crippen LogP contribution in [0, 0.1) is 12.8 Å². The van der Waals surface area contributed by atoms with E-state index in [4.69, 9.17) is 0 Å². The van der Waals surface area contributed by atoms with Crippen LogP contribution < -0.4 is 4.90 Å². The van der Waals surface area contributed by atoms with E-state index in [1.54, 1.807) is 0 Å². The molecule has 126 valence electrons. The second-order valence-electron chi connectivity index (χ2n) is 6.98. The van der Waals surface area contributed by atoms with Gasteiger partial charge in [0.2, 0.25) is 5.91 Å². The summed E-state index contributed by atoms with van der Waals surface area (Å²) >= 11 is 1.83. The summed E-state index contributed by atoms with van der Waals surface area (Å²) in [5, 5.41) is 8.57. The third-order valence-electron chi connectivity index (χ3n) is 4.93. The fourth-order valence-corrected chi connectivity index (χ4v) is 4.45. The van der Waals surface area contributed by atoms with Gasteiger partial charge in [-0.3, -0.25) is 4.79 Å². The Morgan fingerprint density at radius 3 is 2.88 bits per heavy atom. The molecule has 2 atom stereocenters. The number of carbonyl (C=O) groups is 1. The molecule has 1 aliphatic carbocycles. The number of hydrogen-bond donors (Lipinski definition) is 0. The molecule has 1 fully saturated rings. The van der Waals surface area contributed by atoms with Gasteiger partial charge < -0.3 is 9.80 Å². The molecule has 2 aromatic heterocycles. The predicted molar refractivity (Wildman–Crippen MR) is 95.4 cm³/mol. The first-order valence-corrected chi connectivity index (χ1v) is 9.22. The minimum atomic E-state index is 0.174. The fraction of sp³-hybridized carbons (Fsp3) is 0.500. The molecule has 0 radical (unpaired) electrons. The number of rotatable bonds is 3. The van der Waals surface area contributed by atoms with Crippen LogP contribution in [0.4, 0.5) is 5.82 Å². The van der Waals surface area contributed by atoms with E-state index in [1.807, 2.05) is 35.2 Å². The molecular weight excluding hydrogens is 320 g/mol. The molecule has 5 nitrogen and oxygen atoms in total. The van der Waals surface area contributed by atoms with Gasteiger partial charge in [0.05, 0.1) is 5.69 Å². The summed E-state index contributed by atoms with van der Waals surface area (Å²) in [5.74, 6) is 1.76. The lowest BCUT2D eigenvalue weighted by molar-refractivity contribution is -0.133. The molecule has 0 bridgehead atoms. The van der Waals surface area contributed by atoms with Crippen molar-refractivity contribution >= 4 is 23.1 Å².